The van der Waals surface area contributed by atoms with Crippen molar-refractivity contribution < 1.29 is 0 Å². The highest BCUT2D eigenvalue weighted by atomic mass is 15.3. The predicted molar refractivity (Wildman–Crippen MR) is 55.9 cm³/mol. The first-order chi connectivity index (χ1) is 7.27. The Balaban J connectivity index is 2.33. The lowest BCUT2D eigenvalue weighted by Gasteiger charge is -2.08. The fourth-order valence-electron chi connectivity index (χ4n) is 1.43. The molecule has 0 saturated heterocycles. The van der Waals surface area contributed by atoms with Crippen LogP contribution >= 0.6 is 0 Å². The zero-order valence-electron chi connectivity index (χ0n) is 8.83. The van der Waals surface area contributed by atoms with E-state index in [1.54, 1.807) is 18.7 Å². The largest absolute Gasteiger partial charge is 0.313 e. The van der Waals surface area contributed by atoms with Crippen molar-refractivity contribution in [3.8, 4) is 11.4 Å². The van der Waals surface area contributed by atoms with E-state index in [9.17, 15) is 0 Å². The molecule has 0 aliphatic carbocycles. The Morgan fingerprint density at radius 1 is 1.27 bits per heavy atom. The monoisotopic (exact) mass is 203 g/mol. The third kappa shape index (κ3) is 2.18. The molecule has 0 spiro atoms. The fourth-order valence-corrected chi connectivity index (χ4v) is 1.43. The highest BCUT2D eigenvalue weighted by molar-refractivity contribution is 5.52. The summed E-state index contributed by atoms with van der Waals surface area (Å²) in [4.78, 5) is 0. The van der Waals surface area contributed by atoms with Crippen LogP contribution in [0, 0.1) is 5.92 Å². The number of rotatable bonds is 3. The lowest BCUT2D eigenvalue weighted by atomic mass is 10.2. The molecule has 0 aromatic carbocycles. The summed E-state index contributed by atoms with van der Waals surface area (Å²) in [6, 6.07) is 1.88. The maximum Gasteiger partial charge on any atom is 0.165 e. The van der Waals surface area contributed by atoms with Crippen LogP contribution in [0.25, 0.3) is 11.4 Å². The molecule has 0 N–H and O–H groups in total. The number of nitrogens with zero attached hydrogens (tertiary/aromatic N) is 5. The van der Waals surface area contributed by atoms with Gasteiger partial charge in [0.15, 0.2) is 5.82 Å². The van der Waals surface area contributed by atoms with Gasteiger partial charge >= 0.3 is 0 Å². The number of aromatic nitrogens is 5. The lowest BCUT2D eigenvalue weighted by molar-refractivity contribution is 0.525. The molecule has 2 aromatic heterocycles. The SMILES string of the molecule is CC(C)Cn1cnnc1-c1ccnnc1. The van der Waals surface area contributed by atoms with E-state index in [1.807, 2.05) is 10.6 Å². The van der Waals surface area contributed by atoms with Gasteiger partial charge in [0.2, 0.25) is 0 Å². The van der Waals surface area contributed by atoms with Crippen molar-refractivity contribution in [2.75, 3.05) is 0 Å². The molecule has 0 fully saturated rings. The summed E-state index contributed by atoms with van der Waals surface area (Å²) in [6.45, 7) is 5.23. The summed E-state index contributed by atoms with van der Waals surface area (Å²) in [5.41, 5.74) is 0.947. The van der Waals surface area contributed by atoms with Gasteiger partial charge in [-0.25, -0.2) is 0 Å². The summed E-state index contributed by atoms with van der Waals surface area (Å²) in [5.74, 6) is 1.41. The average Bonchev–Trinajstić information content (AvgIpc) is 2.66. The summed E-state index contributed by atoms with van der Waals surface area (Å²) >= 11 is 0. The molecular weight excluding hydrogens is 190 g/mol. The van der Waals surface area contributed by atoms with Crippen molar-refractivity contribution in [1.82, 2.24) is 25.0 Å². The van der Waals surface area contributed by atoms with Gasteiger partial charge in [0.25, 0.3) is 0 Å². The second kappa shape index (κ2) is 4.16. The van der Waals surface area contributed by atoms with Crippen LogP contribution in [0.3, 0.4) is 0 Å². The van der Waals surface area contributed by atoms with E-state index >= 15 is 0 Å². The molecule has 2 aromatic rings. The normalized spacial score (nSPS) is 10.9. The van der Waals surface area contributed by atoms with Crippen molar-refractivity contribution >= 4 is 0 Å². The number of hydrogen-bond donors (Lipinski definition) is 0. The Bertz CT molecular complexity index is 420. The van der Waals surface area contributed by atoms with Gasteiger partial charge in [0.05, 0.1) is 12.4 Å². The molecule has 5 nitrogen and oxygen atoms in total. The van der Waals surface area contributed by atoms with Crippen LogP contribution in [0.5, 0.6) is 0 Å². The van der Waals surface area contributed by atoms with Gasteiger partial charge in [-0.3, -0.25) is 0 Å². The van der Waals surface area contributed by atoms with Crippen molar-refractivity contribution in [3.63, 3.8) is 0 Å². The molecule has 78 valence electrons. The zero-order chi connectivity index (χ0) is 10.7. The maximum atomic E-state index is 4.08. The van der Waals surface area contributed by atoms with Crippen molar-refractivity contribution in [1.29, 1.82) is 0 Å². The highest BCUT2D eigenvalue weighted by Crippen LogP contribution is 2.15. The van der Waals surface area contributed by atoms with E-state index in [4.69, 9.17) is 0 Å². The topological polar surface area (TPSA) is 56.5 Å². The Morgan fingerprint density at radius 2 is 2.13 bits per heavy atom. The molecular formula is C10H13N5. The molecule has 0 saturated carbocycles. The minimum absolute atomic E-state index is 0.564. The minimum atomic E-state index is 0.564. The zero-order valence-corrected chi connectivity index (χ0v) is 8.83. The number of hydrogen-bond acceptors (Lipinski definition) is 4. The standard InChI is InChI=1S/C10H13N5/c1-8(2)6-15-7-13-14-10(15)9-3-4-11-12-5-9/h3-5,7-8H,6H2,1-2H3. The Labute approximate surface area is 88.2 Å². The summed E-state index contributed by atoms with van der Waals surface area (Å²) in [6.07, 6.45) is 5.10. The quantitative estimate of drug-likeness (QED) is 0.756. The third-order valence-electron chi connectivity index (χ3n) is 2.02. The Kier molecular flexibility index (Phi) is 2.71. The van der Waals surface area contributed by atoms with Crippen LogP contribution in [0.2, 0.25) is 0 Å². The van der Waals surface area contributed by atoms with Crippen molar-refractivity contribution in [2.24, 2.45) is 5.92 Å². The third-order valence-corrected chi connectivity index (χ3v) is 2.02. The van der Waals surface area contributed by atoms with E-state index in [1.165, 1.54) is 0 Å². The van der Waals surface area contributed by atoms with E-state index in [0.717, 1.165) is 17.9 Å². The van der Waals surface area contributed by atoms with Gasteiger partial charge < -0.3 is 4.57 Å². The second-order valence-electron chi connectivity index (χ2n) is 3.83. The molecule has 0 radical (unpaired) electrons. The lowest BCUT2D eigenvalue weighted by Crippen LogP contribution is -2.05. The molecule has 0 amide bonds. The van der Waals surface area contributed by atoms with Crippen LogP contribution in [0.4, 0.5) is 0 Å². The maximum absolute atomic E-state index is 4.08. The van der Waals surface area contributed by atoms with Crippen molar-refractivity contribution in [2.45, 2.75) is 20.4 Å². The van der Waals surface area contributed by atoms with Crippen LogP contribution in [-0.2, 0) is 6.54 Å². The predicted octanol–water partition coefficient (Wildman–Crippen LogP) is 1.39. The van der Waals surface area contributed by atoms with Gasteiger partial charge in [0.1, 0.15) is 6.33 Å². The molecule has 2 heterocycles. The molecule has 0 unspecified atom stereocenters. The summed E-state index contributed by atoms with van der Waals surface area (Å²) in [5, 5.41) is 15.6. The van der Waals surface area contributed by atoms with Gasteiger partial charge in [-0.2, -0.15) is 10.2 Å². The van der Waals surface area contributed by atoms with Gasteiger partial charge in [-0.15, -0.1) is 10.2 Å². The molecule has 0 aliphatic rings. The molecule has 0 bridgehead atoms. The van der Waals surface area contributed by atoms with E-state index < -0.39 is 0 Å². The molecule has 15 heavy (non-hydrogen) atoms. The highest BCUT2D eigenvalue weighted by Gasteiger charge is 2.07. The van der Waals surface area contributed by atoms with E-state index in [2.05, 4.69) is 34.2 Å². The first-order valence-corrected chi connectivity index (χ1v) is 4.92. The summed E-state index contributed by atoms with van der Waals surface area (Å²) < 4.78 is 2.03. The summed E-state index contributed by atoms with van der Waals surface area (Å²) in [7, 11) is 0. The fraction of sp³-hybridized carbons (Fsp3) is 0.400. The molecule has 5 heteroatoms. The van der Waals surface area contributed by atoms with E-state index in [-0.39, 0.29) is 0 Å². The Hall–Kier alpha value is -1.78. The van der Waals surface area contributed by atoms with E-state index in [0.29, 0.717) is 5.92 Å². The van der Waals surface area contributed by atoms with Gasteiger partial charge in [0, 0.05) is 12.1 Å². The minimum Gasteiger partial charge on any atom is -0.313 e. The molecule has 0 atom stereocenters. The first-order valence-electron chi connectivity index (χ1n) is 4.92. The molecule has 0 aliphatic heterocycles. The smallest absolute Gasteiger partial charge is 0.165 e. The molecule has 2 rings (SSSR count). The second-order valence-corrected chi connectivity index (χ2v) is 3.83. The van der Waals surface area contributed by atoms with Crippen LogP contribution < -0.4 is 0 Å². The van der Waals surface area contributed by atoms with Gasteiger partial charge in [-0.1, -0.05) is 13.8 Å². The Morgan fingerprint density at radius 3 is 2.80 bits per heavy atom. The van der Waals surface area contributed by atoms with Crippen LogP contribution in [-0.4, -0.2) is 25.0 Å². The van der Waals surface area contributed by atoms with Crippen LogP contribution in [0.15, 0.2) is 24.8 Å². The first kappa shape index (κ1) is 9.76. The average molecular weight is 203 g/mol. The van der Waals surface area contributed by atoms with Crippen LogP contribution in [0.1, 0.15) is 13.8 Å². The van der Waals surface area contributed by atoms with Gasteiger partial charge in [-0.05, 0) is 12.0 Å². The van der Waals surface area contributed by atoms with Crippen molar-refractivity contribution in [3.05, 3.63) is 24.8 Å².